The Bertz CT molecular complexity index is 855. The van der Waals surface area contributed by atoms with Crippen LogP contribution in [0.5, 0.6) is 0 Å². The highest BCUT2D eigenvalue weighted by molar-refractivity contribution is 7.71. The molecule has 1 fully saturated rings. The summed E-state index contributed by atoms with van der Waals surface area (Å²) in [6.07, 6.45) is 3.40. The molecule has 1 aliphatic carbocycles. The molecule has 0 bridgehead atoms. The Kier molecular flexibility index (Phi) is 4.35. The Morgan fingerprint density at radius 3 is 2.83 bits per heavy atom. The highest BCUT2D eigenvalue weighted by atomic mass is 32.1. The van der Waals surface area contributed by atoms with Crippen molar-refractivity contribution in [2.75, 3.05) is 0 Å². The maximum absolute atomic E-state index is 12.5. The van der Waals surface area contributed by atoms with E-state index in [1.807, 2.05) is 0 Å². The lowest BCUT2D eigenvalue weighted by molar-refractivity contribution is 0.0891. The van der Waals surface area contributed by atoms with Crippen LogP contribution in [0.4, 0.5) is 0 Å². The summed E-state index contributed by atoms with van der Waals surface area (Å²) in [6, 6.07) is 5.23. The lowest BCUT2D eigenvalue weighted by Crippen LogP contribution is -2.43. The lowest BCUT2D eigenvalue weighted by Gasteiger charge is -2.34. The minimum absolute atomic E-state index is 0.0996. The summed E-state index contributed by atoms with van der Waals surface area (Å²) in [5.74, 6) is 1.000. The number of benzene rings is 1. The maximum atomic E-state index is 12.5. The molecular weight excluding hydrogens is 310 g/mol. The molecule has 1 amide bonds. The standard InChI is InChI=1S/C17H21N3O2S/c1-9-4-3-5-13(10(9)2)18-15(21)11-6-7-12-14(8-11)19-17(23)20-16(12)22/h6-10,13H,3-5H2,1-2H3,(H,18,21)(H2,19,20,22,23). The van der Waals surface area contributed by atoms with E-state index in [1.54, 1.807) is 18.2 Å². The van der Waals surface area contributed by atoms with Crippen LogP contribution in [0.25, 0.3) is 10.9 Å². The Labute approximate surface area is 139 Å². The highest BCUT2D eigenvalue weighted by Crippen LogP contribution is 2.29. The first kappa shape index (κ1) is 15.9. The molecule has 1 aromatic heterocycles. The van der Waals surface area contributed by atoms with E-state index in [1.165, 1.54) is 6.42 Å². The van der Waals surface area contributed by atoms with Crippen LogP contribution in [0.1, 0.15) is 43.5 Å². The molecule has 0 radical (unpaired) electrons. The molecule has 3 N–H and O–H groups in total. The van der Waals surface area contributed by atoms with Crippen LogP contribution in [0.15, 0.2) is 23.0 Å². The number of carbonyl (C=O) groups is 1. The first-order valence-corrected chi connectivity index (χ1v) is 8.44. The zero-order chi connectivity index (χ0) is 16.6. The number of carbonyl (C=O) groups excluding carboxylic acids is 1. The molecule has 3 unspecified atom stereocenters. The van der Waals surface area contributed by atoms with Crippen LogP contribution >= 0.6 is 12.2 Å². The maximum Gasteiger partial charge on any atom is 0.259 e. The zero-order valence-corrected chi connectivity index (χ0v) is 14.1. The van der Waals surface area contributed by atoms with Gasteiger partial charge in [-0.1, -0.05) is 26.7 Å². The van der Waals surface area contributed by atoms with Gasteiger partial charge in [0, 0.05) is 11.6 Å². The molecule has 3 rings (SSSR count). The van der Waals surface area contributed by atoms with Gasteiger partial charge in [0.25, 0.3) is 11.5 Å². The summed E-state index contributed by atoms with van der Waals surface area (Å²) < 4.78 is 0.259. The molecule has 0 aliphatic heterocycles. The summed E-state index contributed by atoms with van der Waals surface area (Å²) >= 11 is 4.98. The molecular formula is C17H21N3O2S. The zero-order valence-electron chi connectivity index (χ0n) is 13.3. The van der Waals surface area contributed by atoms with Gasteiger partial charge in [0.15, 0.2) is 4.77 Å². The van der Waals surface area contributed by atoms with Crippen LogP contribution in [-0.2, 0) is 0 Å². The average Bonchev–Trinajstić information content (AvgIpc) is 2.51. The number of H-pyrrole nitrogens is 2. The van der Waals surface area contributed by atoms with Gasteiger partial charge in [0.05, 0.1) is 10.9 Å². The normalized spacial score (nSPS) is 24.5. The Hall–Kier alpha value is -1.95. The van der Waals surface area contributed by atoms with Crippen molar-refractivity contribution in [2.45, 2.75) is 39.2 Å². The third-order valence-corrected chi connectivity index (χ3v) is 5.23. The summed E-state index contributed by atoms with van der Waals surface area (Å²) in [7, 11) is 0. The van der Waals surface area contributed by atoms with Gasteiger partial charge in [0.2, 0.25) is 0 Å². The largest absolute Gasteiger partial charge is 0.349 e. The molecule has 1 heterocycles. The third kappa shape index (κ3) is 3.22. The molecule has 122 valence electrons. The van der Waals surface area contributed by atoms with Crippen LogP contribution in [-0.4, -0.2) is 21.9 Å². The number of aromatic nitrogens is 2. The van der Waals surface area contributed by atoms with Gasteiger partial charge in [0.1, 0.15) is 0 Å². The van der Waals surface area contributed by atoms with Gasteiger partial charge in [-0.25, -0.2) is 0 Å². The van der Waals surface area contributed by atoms with Crippen LogP contribution in [0.3, 0.4) is 0 Å². The van der Waals surface area contributed by atoms with Crippen molar-refractivity contribution >= 4 is 29.0 Å². The van der Waals surface area contributed by atoms with Gasteiger partial charge in [-0.2, -0.15) is 0 Å². The average molecular weight is 331 g/mol. The monoisotopic (exact) mass is 331 g/mol. The molecule has 1 aromatic carbocycles. The second-order valence-electron chi connectivity index (χ2n) is 6.52. The van der Waals surface area contributed by atoms with E-state index < -0.39 is 0 Å². The second-order valence-corrected chi connectivity index (χ2v) is 6.92. The summed E-state index contributed by atoms with van der Waals surface area (Å²) in [5.41, 5.74) is 0.876. The third-order valence-electron chi connectivity index (χ3n) is 5.02. The minimum Gasteiger partial charge on any atom is -0.349 e. The van der Waals surface area contributed by atoms with Crippen molar-refractivity contribution in [1.29, 1.82) is 0 Å². The van der Waals surface area contributed by atoms with Crippen LogP contribution in [0.2, 0.25) is 0 Å². The van der Waals surface area contributed by atoms with Crippen molar-refractivity contribution < 1.29 is 4.79 Å². The van der Waals surface area contributed by atoms with Crippen molar-refractivity contribution in [2.24, 2.45) is 11.8 Å². The first-order chi connectivity index (χ1) is 11.0. The minimum atomic E-state index is -0.245. The van der Waals surface area contributed by atoms with Crippen molar-refractivity contribution in [3.63, 3.8) is 0 Å². The summed E-state index contributed by atoms with van der Waals surface area (Å²) in [6.45, 7) is 4.44. The Balaban J connectivity index is 1.86. The van der Waals surface area contributed by atoms with Crippen molar-refractivity contribution in [1.82, 2.24) is 15.3 Å². The van der Waals surface area contributed by atoms with Crippen molar-refractivity contribution in [3.8, 4) is 0 Å². The fourth-order valence-corrected chi connectivity index (χ4v) is 3.55. The predicted molar refractivity (Wildman–Crippen MR) is 93.2 cm³/mol. The molecule has 1 aliphatic rings. The fourth-order valence-electron chi connectivity index (χ4n) is 3.35. The SMILES string of the molecule is CC1CCCC(NC(=O)c2ccc3c(=O)[nH]c(=S)[nH]c3c2)C1C. The molecule has 2 aromatic rings. The predicted octanol–water partition coefficient (Wildman–Crippen LogP) is 3.14. The number of nitrogens with one attached hydrogen (secondary N) is 3. The van der Waals surface area contributed by atoms with Gasteiger partial charge >= 0.3 is 0 Å². The van der Waals surface area contributed by atoms with E-state index in [0.717, 1.165) is 12.8 Å². The summed E-state index contributed by atoms with van der Waals surface area (Å²) in [5, 5.41) is 3.64. The van der Waals surface area contributed by atoms with E-state index in [0.29, 0.717) is 28.3 Å². The van der Waals surface area contributed by atoms with E-state index >= 15 is 0 Å². The number of aromatic amines is 2. The van der Waals surface area contributed by atoms with Gasteiger partial charge < -0.3 is 10.3 Å². The van der Waals surface area contributed by atoms with E-state index in [4.69, 9.17) is 12.2 Å². The Morgan fingerprint density at radius 1 is 1.26 bits per heavy atom. The molecule has 1 saturated carbocycles. The number of hydrogen-bond acceptors (Lipinski definition) is 3. The van der Waals surface area contributed by atoms with E-state index in [-0.39, 0.29) is 22.3 Å². The molecule has 5 nitrogen and oxygen atoms in total. The first-order valence-electron chi connectivity index (χ1n) is 8.03. The number of rotatable bonds is 2. The second kappa shape index (κ2) is 6.28. The molecule has 6 heteroatoms. The number of fused-ring (bicyclic) bond motifs is 1. The van der Waals surface area contributed by atoms with Gasteiger partial charge in [-0.05, 0) is 48.7 Å². The smallest absolute Gasteiger partial charge is 0.259 e. The molecule has 0 spiro atoms. The quantitative estimate of drug-likeness (QED) is 0.740. The lowest BCUT2D eigenvalue weighted by atomic mass is 9.78. The van der Waals surface area contributed by atoms with Gasteiger partial charge in [-0.3, -0.25) is 14.6 Å². The molecule has 23 heavy (non-hydrogen) atoms. The van der Waals surface area contributed by atoms with E-state index in [9.17, 15) is 9.59 Å². The Morgan fingerprint density at radius 2 is 2.04 bits per heavy atom. The highest BCUT2D eigenvalue weighted by Gasteiger charge is 2.28. The number of hydrogen-bond donors (Lipinski definition) is 3. The fraction of sp³-hybridized carbons (Fsp3) is 0.471. The van der Waals surface area contributed by atoms with Crippen LogP contribution < -0.4 is 10.9 Å². The van der Waals surface area contributed by atoms with Crippen molar-refractivity contribution in [3.05, 3.63) is 38.9 Å². The number of amides is 1. The molecule has 3 atom stereocenters. The summed E-state index contributed by atoms with van der Waals surface area (Å²) in [4.78, 5) is 29.8. The van der Waals surface area contributed by atoms with E-state index in [2.05, 4.69) is 29.1 Å². The molecule has 0 saturated heterocycles. The van der Waals surface area contributed by atoms with Crippen LogP contribution in [0, 0.1) is 16.6 Å². The topological polar surface area (TPSA) is 77.8 Å². The van der Waals surface area contributed by atoms with Gasteiger partial charge in [-0.15, -0.1) is 0 Å².